The topological polar surface area (TPSA) is 63.2 Å². The van der Waals surface area contributed by atoms with E-state index in [1.54, 1.807) is 13.3 Å². The lowest BCUT2D eigenvalue weighted by molar-refractivity contribution is -0.115. The standard InChI is InChI=1S/C16H19N3O2/c1-12-9-17-8-7-13(12)10-18-11-16(20)19-14-5-3-4-6-15(14)21-2/h3-9,18H,10-11H2,1-2H3,(H,19,20). The minimum absolute atomic E-state index is 0.105. The molecule has 0 saturated carbocycles. The summed E-state index contributed by atoms with van der Waals surface area (Å²) in [4.78, 5) is 16.0. The van der Waals surface area contributed by atoms with Crippen molar-refractivity contribution in [2.24, 2.45) is 0 Å². The summed E-state index contributed by atoms with van der Waals surface area (Å²) in [6, 6.07) is 9.28. The second-order valence-electron chi connectivity index (χ2n) is 4.65. The van der Waals surface area contributed by atoms with Gasteiger partial charge < -0.3 is 15.4 Å². The average molecular weight is 285 g/mol. The van der Waals surface area contributed by atoms with Crippen LogP contribution < -0.4 is 15.4 Å². The van der Waals surface area contributed by atoms with Crippen LogP contribution >= 0.6 is 0 Å². The number of nitrogens with zero attached hydrogens (tertiary/aromatic N) is 1. The van der Waals surface area contributed by atoms with E-state index < -0.39 is 0 Å². The minimum Gasteiger partial charge on any atom is -0.495 e. The Hall–Kier alpha value is -2.40. The van der Waals surface area contributed by atoms with Crippen LogP contribution in [0.25, 0.3) is 0 Å². The first-order valence-electron chi connectivity index (χ1n) is 6.74. The number of carbonyl (C=O) groups is 1. The van der Waals surface area contributed by atoms with Crippen molar-refractivity contribution in [1.82, 2.24) is 10.3 Å². The number of methoxy groups -OCH3 is 1. The van der Waals surface area contributed by atoms with E-state index in [-0.39, 0.29) is 12.5 Å². The number of nitrogens with one attached hydrogen (secondary N) is 2. The van der Waals surface area contributed by atoms with E-state index in [0.717, 1.165) is 11.1 Å². The smallest absolute Gasteiger partial charge is 0.238 e. The monoisotopic (exact) mass is 285 g/mol. The first-order valence-corrected chi connectivity index (χ1v) is 6.74. The fraction of sp³-hybridized carbons (Fsp3) is 0.250. The van der Waals surface area contributed by atoms with Gasteiger partial charge in [-0.25, -0.2) is 0 Å². The van der Waals surface area contributed by atoms with Crippen molar-refractivity contribution in [1.29, 1.82) is 0 Å². The van der Waals surface area contributed by atoms with Gasteiger partial charge >= 0.3 is 0 Å². The van der Waals surface area contributed by atoms with Gasteiger partial charge in [0.25, 0.3) is 0 Å². The molecular formula is C16H19N3O2. The van der Waals surface area contributed by atoms with Crippen molar-refractivity contribution >= 4 is 11.6 Å². The number of para-hydroxylation sites is 2. The normalized spacial score (nSPS) is 10.2. The highest BCUT2D eigenvalue weighted by Crippen LogP contribution is 2.22. The van der Waals surface area contributed by atoms with Gasteiger partial charge in [0.1, 0.15) is 5.75 Å². The fourth-order valence-electron chi connectivity index (χ4n) is 1.95. The van der Waals surface area contributed by atoms with Gasteiger partial charge in [-0.1, -0.05) is 12.1 Å². The summed E-state index contributed by atoms with van der Waals surface area (Å²) < 4.78 is 5.19. The number of hydrogen-bond acceptors (Lipinski definition) is 4. The number of anilines is 1. The first kappa shape index (κ1) is 15.0. The van der Waals surface area contributed by atoms with E-state index in [4.69, 9.17) is 4.74 Å². The summed E-state index contributed by atoms with van der Waals surface area (Å²) in [5.41, 5.74) is 2.91. The lowest BCUT2D eigenvalue weighted by Gasteiger charge is -2.11. The van der Waals surface area contributed by atoms with E-state index in [1.165, 1.54) is 0 Å². The molecule has 110 valence electrons. The summed E-state index contributed by atoms with van der Waals surface area (Å²) in [7, 11) is 1.58. The largest absolute Gasteiger partial charge is 0.495 e. The maximum absolute atomic E-state index is 11.9. The summed E-state index contributed by atoms with van der Waals surface area (Å²) in [6.45, 7) is 2.87. The molecule has 0 radical (unpaired) electrons. The zero-order valence-corrected chi connectivity index (χ0v) is 12.2. The Labute approximate surface area is 124 Å². The van der Waals surface area contributed by atoms with Crippen LogP contribution in [0, 0.1) is 6.92 Å². The van der Waals surface area contributed by atoms with Gasteiger partial charge in [-0.3, -0.25) is 9.78 Å². The van der Waals surface area contributed by atoms with Crippen molar-refractivity contribution in [2.45, 2.75) is 13.5 Å². The molecule has 0 atom stereocenters. The number of amides is 1. The Morgan fingerprint density at radius 2 is 2.10 bits per heavy atom. The molecule has 0 bridgehead atoms. The van der Waals surface area contributed by atoms with E-state index in [0.29, 0.717) is 18.0 Å². The molecule has 0 spiro atoms. The second kappa shape index (κ2) is 7.40. The van der Waals surface area contributed by atoms with Crippen molar-refractivity contribution in [3.05, 3.63) is 53.9 Å². The van der Waals surface area contributed by atoms with Crippen LogP contribution in [0.15, 0.2) is 42.7 Å². The molecule has 1 aromatic heterocycles. The van der Waals surface area contributed by atoms with E-state index in [1.807, 2.05) is 43.5 Å². The number of ether oxygens (including phenoxy) is 1. The number of rotatable bonds is 6. The highest BCUT2D eigenvalue weighted by Gasteiger charge is 2.06. The van der Waals surface area contributed by atoms with Crippen LogP contribution in [0.2, 0.25) is 0 Å². The molecule has 2 rings (SSSR count). The van der Waals surface area contributed by atoms with Crippen LogP contribution in [-0.4, -0.2) is 24.5 Å². The van der Waals surface area contributed by atoms with Crippen LogP contribution in [0.1, 0.15) is 11.1 Å². The van der Waals surface area contributed by atoms with Crippen LogP contribution in [0.3, 0.4) is 0 Å². The van der Waals surface area contributed by atoms with Crippen molar-refractivity contribution in [3.63, 3.8) is 0 Å². The highest BCUT2D eigenvalue weighted by atomic mass is 16.5. The Balaban J connectivity index is 1.84. The van der Waals surface area contributed by atoms with Gasteiger partial charge in [-0.05, 0) is 36.2 Å². The quantitative estimate of drug-likeness (QED) is 0.853. The zero-order chi connectivity index (χ0) is 15.1. The highest BCUT2D eigenvalue weighted by molar-refractivity contribution is 5.93. The van der Waals surface area contributed by atoms with E-state index in [9.17, 15) is 4.79 Å². The molecule has 1 heterocycles. The van der Waals surface area contributed by atoms with Gasteiger partial charge in [-0.2, -0.15) is 0 Å². The Morgan fingerprint density at radius 1 is 1.29 bits per heavy atom. The molecule has 0 unspecified atom stereocenters. The van der Waals surface area contributed by atoms with E-state index >= 15 is 0 Å². The SMILES string of the molecule is COc1ccccc1NC(=O)CNCc1ccncc1C. The lowest BCUT2D eigenvalue weighted by atomic mass is 10.1. The fourth-order valence-corrected chi connectivity index (χ4v) is 1.95. The van der Waals surface area contributed by atoms with Gasteiger partial charge in [0.05, 0.1) is 19.3 Å². The second-order valence-corrected chi connectivity index (χ2v) is 4.65. The van der Waals surface area contributed by atoms with Crippen LogP contribution in [0.4, 0.5) is 5.69 Å². The first-order chi connectivity index (χ1) is 10.2. The molecule has 0 fully saturated rings. The third-order valence-electron chi connectivity index (χ3n) is 3.12. The summed E-state index contributed by atoms with van der Waals surface area (Å²) in [5, 5.41) is 5.94. The summed E-state index contributed by atoms with van der Waals surface area (Å²) >= 11 is 0. The number of aromatic nitrogens is 1. The predicted octanol–water partition coefficient (Wildman–Crippen LogP) is 2.13. The number of aryl methyl sites for hydroxylation is 1. The average Bonchev–Trinajstić information content (AvgIpc) is 2.50. The summed E-state index contributed by atoms with van der Waals surface area (Å²) in [6.07, 6.45) is 3.56. The van der Waals surface area contributed by atoms with Crippen molar-refractivity contribution < 1.29 is 9.53 Å². The maximum Gasteiger partial charge on any atom is 0.238 e. The molecule has 0 aliphatic heterocycles. The molecule has 0 aliphatic rings. The number of benzene rings is 1. The van der Waals surface area contributed by atoms with Gasteiger partial charge in [-0.15, -0.1) is 0 Å². The Morgan fingerprint density at radius 3 is 2.86 bits per heavy atom. The molecule has 1 amide bonds. The van der Waals surface area contributed by atoms with Crippen molar-refractivity contribution in [3.8, 4) is 5.75 Å². The molecular weight excluding hydrogens is 266 g/mol. The molecule has 5 nitrogen and oxygen atoms in total. The maximum atomic E-state index is 11.9. The summed E-state index contributed by atoms with van der Waals surface area (Å²) in [5.74, 6) is 0.544. The van der Waals surface area contributed by atoms with Gasteiger partial charge in [0.15, 0.2) is 0 Å². The molecule has 5 heteroatoms. The molecule has 21 heavy (non-hydrogen) atoms. The van der Waals surface area contributed by atoms with Gasteiger partial charge in [0, 0.05) is 18.9 Å². The molecule has 0 saturated heterocycles. The Kier molecular flexibility index (Phi) is 5.29. The lowest BCUT2D eigenvalue weighted by Crippen LogP contribution is -2.28. The predicted molar refractivity (Wildman–Crippen MR) is 82.3 cm³/mol. The number of hydrogen-bond donors (Lipinski definition) is 2. The molecule has 2 aromatic rings. The minimum atomic E-state index is -0.105. The molecule has 2 N–H and O–H groups in total. The zero-order valence-electron chi connectivity index (χ0n) is 12.2. The van der Waals surface area contributed by atoms with E-state index in [2.05, 4.69) is 15.6 Å². The molecule has 1 aromatic carbocycles. The number of pyridine rings is 1. The third kappa shape index (κ3) is 4.29. The Bertz CT molecular complexity index is 614. The third-order valence-corrected chi connectivity index (χ3v) is 3.12. The molecule has 0 aliphatic carbocycles. The van der Waals surface area contributed by atoms with Crippen LogP contribution in [0.5, 0.6) is 5.75 Å². The number of carbonyl (C=O) groups excluding carboxylic acids is 1. The van der Waals surface area contributed by atoms with Crippen molar-refractivity contribution in [2.75, 3.05) is 19.0 Å². The van der Waals surface area contributed by atoms with Gasteiger partial charge in [0.2, 0.25) is 5.91 Å². The van der Waals surface area contributed by atoms with Crippen LogP contribution in [-0.2, 0) is 11.3 Å².